The van der Waals surface area contributed by atoms with Crippen LogP contribution >= 0.6 is 22.9 Å². The number of ether oxygens (including phenoxy) is 1. The molecule has 0 spiro atoms. The number of anilines is 1. The summed E-state index contributed by atoms with van der Waals surface area (Å²) in [5, 5.41) is 13.0. The summed E-state index contributed by atoms with van der Waals surface area (Å²) in [5.74, 6) is 0.539. The molecule has 0 aliphatic rings. The van der Waals surface area contributed by atoms with Gasteiger partial charge in [0.25, 0.3) is 0 Å². The molecular weight excluding hydrogens is 358 g/mol. The van der Waals surface area contributed by atoms with Crippen LogP contribution in [0.3, 0.4) is 0 Å². The van der Waals surface area contributed by atoms with Crippen molar-refractivity contribution in [2.45, 2.75) is 12.8 Å². The lowest BCUT2D eigenvalue weighted by Crippen LogP contribution is -2.14. The SMILES string of the molecule is COc1ccccc1CC(=O)Nc1nnc(Cc2ccc(Cl)cc2)s1. The Morgan fingerprint density at radius 1 is 1.16 bits per heavy atom. The molecule has 0 saturated heterocycles. The van der Waals surface area contributed by atoms with Crippen LogP contribution < -0.4 is 10.1 Å². The zero-order chi connectivity index (χ0) is 17.6. The van der Waals surface area contributed by atoms with Crippen molar-refractivity contribution in [1.82, 2.24) is 10.2 Å². The number of halogens is 1. The summed E-state index contributed by atoms with van der Waals surface area (Å²) >= 11 is 7.24. The maximum Gasteiger partial charge on any atom is 0.230 e. The van der Waals surface area contributed by atoms with Crippen molar-refractivity contribution in [3.05, 3.63) is 69.7 Å². The van der Waals surface area contributed by atoms with Gasteiger partial charge in [0.1, 0.15) is 10.8 Å². The lowest BCUT2D eigenvalue weighted by atomic mass is 10.1. The second-order valence-corrected chi connectivity index (χ2v) is 6.84. The third-order valence-corrected chi connectivity index (χ3v) is 4.62. The van der Waals surface area contributed by atoms with E-state index in [1.165, 1.54) is 11.3 Å². The average Bonchev–Trinajstić information content (AvgIpc) is 3.04. The van der Waals surface area contributed by atoms with Crippen LogP contribution in [-0.2, 0) is 17.6 Å². The third kappa shape index (κ3) is 4.78. The molecule has 0 radical (unpaired) electrons. The van der Waals surface area contributed by atoms with Gasteiger partial charge >= 0.3 is 0 Å². The zero-order valence-electron chi connectivity index (χ0n) is 13.5. The van der Waals surface area contributed by atoms with Gasteiger partial charge in [-0.15, -0.1) is 10.2 Å². The number of hydrogen-bond donors (Lipinski definition) is 1. The normalized spacial score (nSPS) is 10.5. The Hall–Kier alpha value is -2.44. The maximum atomic E-state index is 12.2. The molecule has 25 heavy (non-hydrogen) atoms. The molecule has 1 heterocycles. The van der Waals surface area contributed by atoms with Gasteiger partial charge in [-0.1, -0.05) is 53.3 Å². The first-order valence-electron chi connectivity index (χ1n) is 7.62. The number of carbonyl (C=O) groups excluding carboxylic acids is 1. The van der Waals surface area contributed by atoms with Crippen molar-refractivity contribution < 1.29 is 9.53 Å². The van der Waals surface area contributed by atoms with Crippen LogP contribution in [0.2, 0.25) is 5.02 Å². The van der Waals surface area contributed by atoms with Gasteiger partial charge in [0.05, 0.1) is 13.5 Å². The third-order valence-electron chi connectivity index (χ3n) is 3.53. The molecule has 2 aromatic carbocycles. The van der Waals surface area contributed by atoms with E-state index in [1.54, 1.807) is 7.11 Å². The zero-order valence-corrected chi connectivity index (χ0v) is 15.1. The minimum atomic E-state index is -0.154. The second-order valence-electron chi connectivity index (χ2n) is 5.34. The number of nitrogens with one attached hydrogen (secondary N) is 1. The van der Waals surface area contributed by atoms with Crippen LogP contribution in [0.15, 0.2) is 48.5 Å². The van der Waals surface area contributed by atoms with E-state index in [0.29, 0.717) is 22.3 Å². The number of hydrogen-bond acceptors (Lipinski definition) is 5. The maximum absolute atomic E-state index is 12.2. The van der Waals surface area contributed by atoms with Gasteiger partial charge in [-0.2, -0.15) is 0 Å². The highest BCUT2D eigenvalue weighted by molar-refractivity contribution is 7.15. The molecule has 7 heteroatoms. The monoisotopic (exact) mass is 373 g/mol. The molecule has 128 valence electrons. The first-order valence-corrected chi connectivity index (χ1v) is 8.82. The van der Waals surface area contributed by atoms with Crippen LogP contribution in [0, 0.1) is 0 Å². The quantitative estimate of drug-likeness (QED) is 0.710. The molecule has 5 nitrogen and oxygen atoms in total. The summed E-state index contributed by atoms with van der Waals surface area (Å²) in [5.41, 5.74) is 1.92. The number of para-hydroxylation sites is 1. The van der Waals surface area contributed by atoms with E-state index in [2.05, 4.69) is 15.5 Å². The van der Waals surface area contributed by atoms with E-state index >= 15 is 0 Å². The molecule has 1 amide bonds. The fourth-order valence-corrected chi connectivity index (χ4v) is 3.25. The second kappa shape index (κ2) is 8.09. The van der Waals surface area contributed by atoms with Crippen molar-refractivity contribution in [3.8, 4) is 5.75 Å². The van der Waals surface area contributed by atoms with Crippen LogP contribution in [0.5, 0.6) is 5.75 Å². The molecule has 0 aliphatic carbocycles. The summed E-state index contributed by atoms with van der Waals surface area (Å²) in [6.07, 6.45) is 0.868. The molecular formula is C18H16ClN3O2S. The Bertz CT molecular complexity index is 865. The van der Waals surface area contributed by atoms with Crippen LogP contribution in [0.25, 0.3) is 0 Å². The van der Waals surface area contributed by atoms with Gasteiger partial charge in [0, 0.05) is 17.0 Å². The number of methoxy groups -OCH3 is 1. The Labute approximate surface area is 154 Å². The summed E-state index contributed by atoms with van der Waals surface area (Å²) < 4.78 is 5.26. The fraction of sp³-hybridized carbons (Fsp3) is 0.167. The van der Waals surface area contributed by atoms with Gasteiger partial charge in [0.2, 0.25) is 11.0 Å². The number of carbonyl (C=O) groups is 1. The number of benzene rings is 2. The smallest absolute Gasteiger partial charge is 0.230 e. The van der Waals surface area contributed by atoms with Crippen LogP contribution in [0.1, 0.15) is 16.1 Å². The van der Waals surface area contributed by atoms with E-state index in [9.17, 15) is 4.79 Å². The first-order chi connectivity index (χ1) is 12.1. The topological polar surface area (TPSA) is 64.1 Å². The summed E-state index contributed by atoms with van der Waals surface area (Å²) in [4.78, 5) is 12.2. The Morgan fingerprint density at radius 3 is 2.68 bits per heavy atom. The molecule has 0 aliphatic heterocycles. The Kier molecular flexibility index (Phi) is 5.63. The summed E-state index contributed by atoms with van der Waals surface area (Å²) in [6, 6.07) is 15.0. The Morgan fingerprint density at radius 2 is 1.92 bits per heavy atom. The minimum Gasteiger partial charge on any atom is -0.496 e. The summed E-state index contributed by atoms with van der Waals surface area (Å²) in [6.45, 7) is 0. The fourth-order valence-electron chi connectivity index (χ4n) is 2.34. The Balaban J connectivity index is 1.61. The molecule has 0 fully saturated rings. The highest BCUT2D eigenvalue weighted by Gasteiger charge is 2.11. The average molecular weight is 374 g/mol. The lowest BCUT2D eigenvalue weighted by molar-refractivity contribution is -0.115. The molecule has 3 aromatic rings. The van der Waals surface area contributed by atoms with Crippen molar-refractivity contribution in [2.75, 3.05) is 12.4 Å². The van der Waals surface area contributed by atoms with Gasteiger partial charge in [-0.3, -0.25) is 4.79 Å². The van der Waals surface area contributed by atoms with Gasteiger partial charge in [-0.25, -0.2) is 0 Å². The molecule has 0 saturated carbocycles. The van der Waals surface area contributed by atoms with Gasteiger partial charge in [0.15, 0.2) is 0 Å². The van der Waals surface area contributed by atoms with Crippen molar-refractivity contribution >= 4 is 34.0 Å². The summed E-state index contributed by atoms with van der Waals surface area (Å²) in [7, 11) is 1.59. The predicted molar refractivity (Wildman–Crippen MR) is 99.5 cm³/mol. The lowest BCUT2D eigenvalue weighted by Gasteiger charge is -2.07. The molecule has 0 bridgehead atoms. The van der Waals surface area contributed by atoms with E-state index in [0.717, 1.165) is 16.1 Å². The first kappa shape index (κ1) is 17.4. The number of amides is 1. The largest absolute Gasteiger partial charge is 0.496 e. The van der Waals surface area contributed by atoms with Crippen molar-refractivity contribution in [1.29, 1.82) is 0 Å². The number of rotatable bonds is 6. The predicted octanol–water partition coefficient (Wildman–Crippen LogP) is 3.97. The van der Waals surface area contributed by atoms with Crippen molar-refractivity contribution in [3.63, 3.8) is 0 Å². The van der Waals surface area contributed by atoms with Crippen LogP contribution in [-0.4, -0.2) is 23.2 Å². The molecule has 3 rings (SSSR count). The van der Waals surface area contributed by atoms with E-state index < -0.39 is 0 Å². The van der Waals surface area contributed by atoms with E-state index in [-0.39, 0.29) is 12.3 Å². The molecule has 1 aromatic heterocycles. The van der Waals surface area contributed by atoms with Gasteiger partial charge < -0.3 is 10.1 Å². The van der Waals surface area contributed by atoms with Gasteiger partial charge in [-0.05, 0) is 23.8 Å². The van der Waals surface area contributed by atoms with E-state index in [1.807, 2.05) is 48.5 Å². The standard InChI is InChI=1S/C18H16ClN3O2S/c1-24-15-5-3-2-4-13(15)11-16(23)20-18-22-21-17(25-18)10-12-6-8-14(19)9-7-12/h2-9H,10-11H2,1H3,(H,20,22,23). The van der Waals surface area contributed by atoms with E-state index in [4.69, 9.17) is 16.3 Å². The molecule has 0 unspecified atom stereocenters. The highest BCUT2D eigenvalue weighted by Crippen LogP contribution is 2.21. The number of aromatic nitrogens is 2. The molecule has 0 atom stereocenters. The van der Waals surface area contributed by atoms with Crippen molar-refractivity contribution in [2.24, 2.45) is 0 Å². The minimum absolute atomic E-state index is 0.154. The molecule has 1 N–H and O–H groups in total. The highest BCUT2D eigenvalue weighted by atomic mass is 35.5. The number of nitrogens with zero attached hydrogens (tertiary/aromatic N) is 2. The van der Waals surface area contributed by atoms with Crippen LogP contribution in [0.4, 0.5) is 5.13 Å².